The van der Waals surface area contributed by atoms with Gasteiger partial charge in [0.15, 0.2) is 0 Å². The summed E-state index contributed by atoms with van der Waals surface area (Å²) in [6.45, 7) is 2.33. The number of nitrogens with two attached hydrogens (primary N) is 1. The number of carbonyl (C=O) groups excluding carboxylic acids is 1. The van der Waals surface area contributed by atoms with Gasteiger partial charge in [0, 0.05) is 24.6 Å². The molecule has 112 valence electrons. The molecule has 1 saturated heterocycles. The van der Waals surface area contributed by atoms with E-state index in [2.05, 4.69) is 5.32 Å². The normalized spacial score (nSPS) is 30.4. The van der Waals surface area contributed by atoms with Crippen LogP contribution in [0.3, 0.4) is 0 Å². The van der Waals surface area contributed by atoms with Crippen molar-refractivity contribution in [2.24, 2.45) is 11.7 Å². The second kappa shape index (κ2) is 5.09. The Morgan fingerprint density at radius 3 is 3.00 bits per heavy atom. The van der Waals surface area contributed by atoms with E-state index in [1.54, 1.807) is 19.1 Å². The van der Waals surface area contributed by atoms with Crippen molar-refractivity contribution in [3.8, 4) is 0 Å². The predicted octanol–water partition coefficient (Wildman–Crippen LogP) is 0.748. The minimum absolute atomic E-state index is 0.0629. The minimum Gasteiger partial charge on any atom is -0.376 e. The third-order valence-electron chi connectivity index (χ3n) is 4.42. The zero-order chi connectivity index (χ0) is 15.1. The fraction of sp³-hybridized carbons (Fsp3) is 0.500. The van der Waals surface area contributed by atoms with Crippen LogP contribution in [0.4, 0.5) is 5.69 Å². The molecule has 1 aromatic carbocycles. The summed E-state index contributed by atoms with van der Waals surface area (Å²) in [7, 11) is 0. The summed E-state index contributed by atoms with van der Waals surface area (Å²) in [6, 6.07) is 4.15. The maximum absolute atomic E-state index is 12.4. The minimum atomic E-state index is -0.544. The first-order valence-electron chi connectivity index (χ1n) is 6.92. The zero-order valence-corrected chi connectivity index (χ0v) is 11.6. The second-order valence-corrected chi connectivity index (χ2v) is 5.59. The Labute approximate surface area is 121 Å². The molecular weight excluding hydrogens is 274 g/mol. The van der Waals surface area contributed by atoms with Crippen molar-refractivity contribution < 1.29 is 14.5 Å². The van der Waals surface area contributed by atoms with Crippen molar-refractivity contribution in [2.45, 2.75) is 31.5 Å². The standard InChI is InChI=1S/C14H17N3O4/c1-7-3-2-4-9(17(19)20)10(7)14(18)16-12-11(15)8-5-6-21-13(8)12/h2-4,8,11-13H,5-6,15H2,1H3,(H,16,18). The van der Waals surface area contributed by atoms with Gasteiger partial charge >= 0.3 is 0 Å². The lowest BCUT2D eigenvalue weighted by Gasteiger charge is -2.45. The molecule has 0 spiro atoms. The van der Waals surface area contributed by atoms with Crippen LogP contribution in [0.2, 0.25) is 0 Å². The summed E-state index contributed by atoms with van der Waals surface area (Å²) in [4.78, 5) is 22.9. The van der Waals surface area contributed by atoms with Gasteiger partial charge in [0.2, 0.25) is 0 Å². The maximum Gasteiger partial charge on any atom is 0.282 e. The Bertz CT molecular complexity index is 604. The van der Waals surface area contributed by atoms with Gasteiger partial charge in [-0.2, -0.15) is 0 Å². The number of ether oxygens (including phenoxy) is 1. The molecule has 3 rings (SSSR count). The fourth-order valence-electron chi connectivity index (χ4n) is 3.25. The molecule has 0 bridgehead atoms. The van der Waals surface area contributed by atoms with Crippen molar-refractivity contribution >= 4 is 11.6 Å². The maximum atomic E-state index is 12.4. The van der Waals surface area contributed by atoms with Crippen LogP contribution in [0, 0.1) is 23.0 Å². The highest BCUT2D eigenvalue weighted by molar-refractivity contribution is 5.99. The Kier molecular flexibility index (Phi) is 3.38. The van der Waals surface area contributed by atoms with Gasteiger partial charge < -0.3 is 15.8 Å². The number of nitro groups is 1. The molecule has 0 radical (unpaired) electrons. The smallest absolute Gasteiger partial charge is 0.282 e. The summed E-state index contributed by atoms with van der Waals surface area (Å²) < 4.78 is 5.55. The third-order valence-corrected chi connectivity index (χ3v) is 4.42. The molecule has 1 amide bonds. The van der Waals surface area contributed by atoms with E-state index >= 15 is 0 Å². The highest BCUT2D eigenvalue weighted by atomic mass is 16.6. The highest BCUT2D eigenvalue weighted by Crippen LogP contribution is 2.38. The lowest BCUT2D eigenvalue weighted by molar-refractivity contribution is -0.385. The number of fused-ring (bicyclic) bond motifs is 1. The first kappa shape index (κ1) is 14.0. The van der Waals surface area contributed by atoms with Crippen LogP contribution >= 0.6 is 0 Å². The summed E-state index contributed by atoms with van der Waals surface area (Å²) in [6.07, 6.45) is 0.843. The van der Waals surface area contributed by atoms with E-state index in [9.17, 15) is 14.9 Å². The summed E-state index contributed by atoms with van der Waals surface area (Å²) >= 11 is 0. The quantitative estimate of drug-likeness (QED) is 0.631. The van der Waals surface area contributed by atoms with Crippen LogP contribution in [0.1, 0.15) is 22.3 Å². The number of carbonyl (C=O) groups is 1. The van der Waals surface area contributed by atoms with E-state index in [4.69, 9.17) is 10.5 Å². The topological polar surface area (TPSA) is 107 Å². The lowest BCUT2D eigenvalue weighted by Crippen LogP contribution is -2.69. The number of hydrogen-bond donors (Lipinski definition) is 2. The lowest BCUT2D eigenvalue weighted by atomic mass is 9.72. The molecule has 0 aromatic heterocycles. The Hall–Kier alpha value is -1.99. The zero-order valence-electron chi connectivity index (χ0n) is 11.6. The molecular formula is C14H17N3O4. The molecule has 1 aliphatic carbocycles. The number of nitrogens with one attached hydrogen (secondary N) is 1. The van der Waals surface area contributed by atoms with Crippen LogP contribution < -0.4 is 11.1 Å². The van der Waals surface area contributed by atoms with Gasteiger partial charge in [0.05, 0.1) is 17.1 Å². The molecule has 2 aliphatic rings. The van der Waals surface area contributed by atoms with E-state index in [0.717, 1.165) is 6.42 Å². The number of nitro benzene ring substituents is 1. The summed E-state index contributed by atoms with van der Waals surface area (Å²) in [5.74, 6) is -0.184. The number of aryl methyl sites for hydroxylation is 1. The van der Waals surface area contributed by atoms with E-state index in [1.165, 1.54) is 6.07 Å². The van der Waals surface area contributed by atoms with Crippen LogP contribution in [0.5, 0.6) is 0 Å². The van der Waals surface area contributed by atoms with Crippen molar-refractivity contribution in [2.75, 3.05) is 6.61 Å². The number of nitrogens with zero attached hydrogens (tertiary/aromatic N) is 1. The van der Waals surface area contributed by atoms with Gasteiger partial charge in [-0.1, -0.05) is 12.1 Å². The fourth-order valence-corrected chi connectivity index (χ4v) is 3.25. The molecule has 4 atom stereocenters. The number of benzene rings is 1. The molecule has 1 saturated carbocycles. The SMILES string of the molecule is Cc1cccc([N+](=O)[O-])c1C(=O)NC1C(N)C2CCOC21. The van der Waals surface area contributed by atoms with Crippen molar-refractivity contribution in [1.82, 2.24) is 5.32 Å². The van der Waals surface area contributed by atoms with Crippen molar-refractivity contribution in [3.05, 3.63) is 39.4 Å². The Morgan fingerprint density at radius 1 is 1.52 bits per heavy atom. The van der Waals surface area contributed by atoms with E-state index in [-0.39, 0.29) is 35.4 Å². The number of hydrogen-bond acceptors (Lipinski definition) is 5. The van der Waals surface area contributed by atoms with E-state index in [1.807, 2.05) is 0 Å². The Morgan fingerprint density at radius 2 is 2.29 bits per heavy atom. The first-order valence-corrected chi connectivity index (χ1v) is 6.92. The van der Waals surface area contributed by atoms with Crippen molar-refractivity contribution in [3.63, 3.8) is 0 Å². The molecule has 21 heavy (non-hydrogen) atoms. The van der Waals surface area contributed by atoms with Crippen LogP contribution in [0.25, 0.3) is 0 Å². The van der Waals surface area contributed by atoms with Gasteiger partial charge in [0.1, 0.15) is 5.56 Å². The van der Waals surface area contributed by atoms with Gasteiger partial charge in [-0.3, -0.25) is 14.9 Å². The molecule has 7 heteroatoms. The predicted molar refractivity (Wildman–Crippen MR) is 74.9 cm³/mol. The average molecular weight is 291 g/mol. The van der Waals surface area contributed by atoms with Crippen LogP contribution in [-0.2, 0) is 4.74 Å². The summed E-state index contributed by atoms with van der Waals surface area (Å²) in [5, 5.41) is 13.9. The van der Waals surface area contributed by atoms with Crippen LogP contribution in [0.15, 0.2) is 18.2 Å². The first-order chi connectivity index (χ1) is 10.0. The average Bonchev–Trinajstić information content (AvgIpc) is 2.88. The Balaban J connectivity index is 1.82. The third kappa shape index (κ3) is 2.18. The number of rotatable bonds is 3. The molecule has 3 N–H and O–H groups in total. The molecule has 1 heterocycles. The van der Waals surface area contributed by atoms with Gasteiger partial charge in [-0.25, -0.2) is 0 Å². The molecule has 2 fully saturated rings. The monoisotopic (exact) mass is 291 g/mol. The highest BCUT2D eigenvalue weighted by Gasteiger charge is 2.53. The van der Waals surface area contributed by atoms with E-state index in [0.29, 0.717) is 12.2 Å². The second-order valence-electron chi connectivity index (χ2n) is 5.59. The van der Waals surface area contributed by atoms with Gasteiger partial charge in [0.25, 0.3) is 11.6 Å². The molecule has 1 aromatic rings. The molecule has 4 unspecified atom stereocenters. The van der Waals surface area contributed by atoms with Crippen molar-refractivity contribution in [1.29, 1.82) is 0 Å². The largest absolute Gasteiger partial charge is 0.376 e. The molecule has 7 nitrogen and oxygen atoms in total. The van der Waals surface area contributed by atoms with E-state index < -0.39 is 10.8 Å². The molecule has 1 aliphatic heterocycles. The van der Waals surface area contributed by atoms with Gasteiger partial charge in [-0.05, 0) is 18.9 Å². The number of amides is 1. The van der Waals surface area contributed by atoms with Crippen LogP contribution in [-0.4, -0.2) is 35.6 Å². The van der Waals surface area contributed by atoms with Gasteiger partial charge in [-0.15, -0.1) is 0 Å². The summed E-state index contributed by atoms with van der Waals surface area (Å²) in [5.41, 5.74) is 6.51.